The topological polar surface area (TPSA) is 32.5 Å². The van der Waals surface area contributed by atoms with Crippen molar-refractivity contribution >= 4 is 11.4 Å². The molecule has 2 rings (SSSR count). The summed E-state index contributed by atoms with van der Waals surface area (Å²) in [6.45, 7) is 8.55. The third kappa shape index (κ3) is 3.03. The van der Waals surface area contributed by atoms with Gasteiger partial charge in [0.05, 0.1) is 11.4 Å². The summed E-state index contributed by atoms with van der Waals surface area (Å²) in [5.41, 5.74) is 8.93. The third-order valence-corrected chi connectivity index (χ3v) is 4.26. The van der Waals surface area contributed by atoms with Gasteiger partial charge in [-0.3, -0.25) is 0 Å². The summed E-state index contributed by atoms with van der Waals surface area (Å²) in [5.74, 6) is 0. The van der Waals surface area contributed by atoms with Crippen LogP contribution < -0.4 is 15.5 Å². The highest BCUT2D eigenvalue weighted by atomic mass is 15.3. The van der Waals surface area contributed by atoms with Crippen molar-refractivity contribution in [3.05, 3.63) is 24.3 Å². The van der Waals surface area contributed by atoms with Crippen LogP contribution in [-0.2, 0) is 0 Å². The van der Waals surface area contributed by atoms with Crippen LogP contribution in [0, 0.1) is 5.41 Å². The van der Waals surface area contributed by atoms with Gasteiger partial charge in [0.25, 0.3) is 0 Å². The zero-order valence-electron chi connectivity index (χ0n) is 12.5. The second kappa shape index (κ2) is 5.83. The maximum Gasteiger partial charge on any atom is 0.0604 e. The molecule has 1 unspecified atom stereocenters. The van der Waals surface area contributed by atoms with Gasteiger partial charge < -0.3 is 15.5 Å². The van der Waals surface area contributed by atoms with Gasteiger partial charge in [-0.1, -0.05) is 32.4 Å². The number of nitrogens with two attached hydrogens (primary N) is 1. The molecule has 0 saturated heterocycles. The largest absolute Gasteiger partial charge is 0.371 e. The predicted molar refractivity (Wildman–Crippen MR) is 84.0 cm³/mol. The van der Waals surface area contributed by atoms with Gasteiger partial charge in [0.2, 0.25) is 0 Å². The van der Waals surface area contributed by atoms with Crippen molar-refractivity contribution < 1.29 is 0 Å². The smallest absolute Gasteiger partial charge is 0.0604 e. The van der Waals surface area contributed by atoms with E-state index in [4.69, 9.17) is 5.73 Å². The summed E-state index contributed by atoms with van der Waals surface area (Å²) in [5, 5.41) is 0. The Kier molecular flexibility index (Phi) is 4.35. The third-order valence-electron chi connectivity index (χ3n) is 4.26. The van der Waals surface area contributed by atoms with Crippen molar-refractivity contribution in [2.45, 2.75) is 26.7 Å². The summed E-state index contributed by atoms with van der Waals surface area (Å²) in [4.78, 5) is 4.85. The van der Waals surface area contributed by atoms with Crippen LogP contribution in [0.1, 0.15) is 26.7 Å². The number of hydrogen-bond donors (Lipinski definition) is 1. The number of rotatable bonds is 5. The van der Waals surface area contributed by atoms with Gasteiger partial charge in [-0.25, -0.2) is 0 Å². The minimum Gasteiger partial charge on any atom is -0.371 e. The van der Waals surface area contributed by atoms with Crippen LogP contribution in [0.5, 0.6) is 0 Å². The van der Waals surface area contributed by atoms with Gasteiger partial charge >= 0.3 is 0 Å². The molecule has 1 aromatic carbocycles. The molecule has 0 aromatic heterocycles. The molecule has 0 amide bonds. The average Bonchev–Trinajstić information content (AvgIpc) is 2.43. The lowest BCUT2D eigenvalue weighted by Gasteiger charge is -2.42. The van der Waals surface area contributed by atoms with Crippen molar-refractivity contribution in [3.8, 4) is 0 Å². The Labute approximate surface area is 117 Å². The van der Waals surface area contributed by atoms with Crippen LogP contribution in [0.3, 0.4) is 0 Å². The van der Waals surface area contributed by atoms with Crippen LogP contribution in [0.25, 0.3) is 0 Å². The van der Waals surface area contributed by atoms with Crippen LogP contribution in [0.2, 0.25) is 0 Å². The van der Waals surface area contributed by atoms with E-state index >= 15 is 0 Å². The fourth-order valence-electron chi connectivity index (χ4n) is 3.04. The molecule has 3 nitrogen and oxygen atoms in total. The first-order valence-corrected chi connectivity index (χ1v) is 7.35. The Morgan fingerprint density at radius 1 is 1.21 bits per heavy atom. The molecule has 3 heteroatoms. The first-order chi connectivity index (χ1) is 9.09. The lowest BCUT2D eigenvalue weighted by molar-refractivity contribution is 0.306. The molecule has 0 bridgehead atoms. The summed E-state index contributed by atoms with van der Waals surface area (Å²) < 4.78 is 0. The standard InChI is InChI=1S/C16H27N3/c1-4-9-16(2,12-17)13-19-11-10-18(3)14-7-5-6-8-15(14)19/h5-8H,4,9-13,17H2,1-3H3. The Hall–Kier alpha value is -1.22. The molecule has 1 aliphatic heterocycles. The Balaban J connectivity index is 2.20. The van der Waals surface area contributed by atoms with Gasteiger partial charge in [0.15, 0.2) is 0 Å². The van der Waals surface area contributed by atoms with Gasteiger partial charge in [0, 0.05) is 26.7 Å². The van der Waals surface area contributed by atoms with Crippen molar-refractivity contribution in [1.29, 1.82) is 0 Å². The minimum absolute atomic E-state index is 0.220. The average molecular weight is 261 g/mol. The first kappa shape index (κ1) is 14.2. The summed E-state index contributed by atoms with van der Waals surface area (Å²) in [6.07, 6.45) is 2.39. The SMILES string of the molecule is CCCC(C)(CN)CN1CCN(C)c2ccccc21. The molecule has 2 N–H and O–H groups in total. The quantitative estimate of drug-likeness (QED) is 0.884. The molecule has 19 heavy (non-hydrogen) atoms. The van der Waals surface area contributed by atoms with Crippen molar-refractivity contribution in [1.82, 2.24) is 0 Å². The van der Waals surface area contributed by atoms with E-state index in [1.54, 1.807) is 0 Å². The van der Waals surface area contributed by atoms with Gasteiger partial charge in [-0.2, -0.15) is 0 Å². The molecule has 0 spiro atoms. The van der Waals surface area contributed by atoms with Crippen LogP contribution in [-0.4, -0.2) is 33.2 Å². The first-order valence-electron chi connectivity index (χ1n) is 7.35. The van der Waals surface area contributed by atoms with Gasteiger partial charge in [-0.15, -0.1) is 0 Å². The van der Waals surface area contributed by atoms with E-state index in [9.17, 15) is 0 Å². The molecule has 1 atom stereocenters. The molecule has 0 aliphatic carbocycles. The molecule has 1 aromatic rings. The predicted octanol–water partition coefficient (Wildman–Crippen LogP) is 2.71. The van der Waals surface area contributed by atoms with Crippen LogP contribution in [0.4, 0.5) is 11.4 Å². The number of likely N-dealkylation sites (N-methyl/N-ethyl adjacent to an activating group) is 1. The molecular formula is C16H27N3. The molecule has 106 valence electrons. The van der Waals surface area contributed by atoms with E-state index in [1.165, 1.54) is 24.2 Å². The zero-order valence-corrected chi connectivity index (χ0v) is 12.5. The second-order valence-electron chi connectivity index (χ2n) is 6.10. The summed E-state index contributed by atoms with van der Waals surface area (Å²) in [7, 11) is 2.17. The highest BCUT2D eigenvalue weighted by Gasteiger charge is 2.28. The van der Waals surface area contributed by atoms with E-state index in [-0.39, 0.29) is 5.41 Å². The molecule has 1 heterocycles. The lowest BCUT2D eigenvalue weighted by atomic mass is 9.84. The summed E-state index contributed by atoms with van der Waals surface area (Å²) in [6, 6.07) is 8.69. The number of benzene rings is 1. The minimum atomic E-state index is 0.220. The normalized spacial score (nSPS) is 18.1. The highest BCUT2D eigenvalue weighted by molar-refractivity contribution is 5.73. The van der Waals surface area contributed by atoms with E-state index in [2.05, 4.69) is 55.0 Å². The maximum absolute atomic E-state index is 6.02. The van der Waals surface area contributed by atoms with Gasteiger partial charge in [-0.05, 0) is 30.5 Å². The lowest BCUT2D eigenvalue weighted by Crippen LogP contribution is -2.46. The molecular weight excluding hydrogens is 234 g/mol. The van der Waals surface area contributed by atoms with Crippen molar-refractivity contribution in [2.75, 3.05) is 43.0 Å². The highest BCUT2D eigenvalue weighted by Crippen LogP contribution is 2.34. The second-order valence-corrected chi connectivity index (χ2v) is 6.10. The monoisotopic (exact) mass is 261 g/mol. The summed E-state index contributed by atoms with van der Waals surface area (Å²) >= 11 is 0. The molecule has 0 fully saturated rings. The fourth-order valence-corrected chi connectivity index (χ4v) is 3.04. The number of nitrogens with zero attached hydrogens (tertiary/aromatic N) is 2. The maximum atomic E-state index is 6.02. The fraction of sp³-hybridized carbons (Fsp3) is 0.625. The van der Waals surface area contributed by atoms with Crippen LogP contribution >= 0.6 is 0 Å². The van der Waals surface area contributed by atoms with E-state index < -0.39 is 0 Å². The van der Waals surface area contributed by atoms with Crippen LogP contribution in [0.15, 0.2) is 24.3 Å². The van der Waals surface area contributed by atoms with E-state index in [1.807, 2.05) is 0 Å². The number of anilines is 2. The Bertz CT molecular complexity index is 418. The molecule has 0 radical (unpaired) electrons. The molecule has 0 saturated carbocycles. The Morgan fingerprint density at radius 2 is 1.89 bits per heavy atom. The van der Waals surface area contributed by atoms with E-state index in [0.29, 0.717) is 0 Å². The molecule has 1 aliphatic rings. The number of para-hydroxylation sites is 2. The Morgan fingerprint density at radius 3 is 2.53 bits per heavy atom. The van der Waals surface area contributed by atoms with Crippen molar-refractivity contribution in [2.24, 2.45) is 11.1 Å². The van der Waals surface area contributed by atoms with E-state index in [0.717, 1.165) is 26.2 Å². The number of hydrogen-bond acceptors (Lipinski definition) is 3. The van der Waals surface area contributed by atoms with Gasteiger partial charge in [0.1, 0.15) is 0 Å². The zero-order chi connectivity index (χ0) is 13.9. The van der Waals surface area contributed by atoms with Crippen molar-refractivity contribution in [3.63, 3.8) is 0 Å². The number of fused-ring (bicyclic) bond motifs is 1.